The lowest BCUT2D eigenvalue weighted by Crippen LogP contribution is -2.04. The third-order valence-corrected chi connectivity index (χ3v) is 2.91. The summed E-state index contributed by atoms with van der Waals surface area (Å²) < 4.78 is 42.6. The Morgan fingerprint density at radius 2 is 1.70 bits per heavy atom. The van der Waals surface area contributed by atoms with E-state index in [2.05, 4.69) is 5.92 Å². The van der Waals surface area contributed by atoms with Gasteiger partial charge < -0.3 is 4.74 Å². The van der Waals surface area contributed by atoms with Crippen LogP contribution in [0, 0.1) is 12.3 Å². The van der Waals surface area contributed by atoms with Crippen LogP contribution in [0.5, 0.6) is 5.75 Å². The molecule has 2 rings (SSSR count). The fraction of sp³-hybridized carbons (Fsp3) is 0.125. The van der Waals surface area contributed by atoms with Crippen LogP contribution in [0.4, 0.5) is 13.2 Å². The van der Waals surface area contributed by atoms with Gasteiger partial charge in [0.25, 0.3) is 0 Å². The minimum atomic E-state index is -4.34. The summed E-state index contributed by atoms with van der Waals surface area (Å²) in [6.07, 6.45) is 1.09. The Bertz CT molecular complexity index is 649. The Labute approximate surface area is 115 Å². The molecule has 0 saturated heterocycles. The standard InChI is InChI=1S/C16H11F3O/c1-3-11-10-14(20-2)8-9-15(11)12-4-6-13(7-5-12)16(17,18)19/h1,4-10H,2H3. The third kappa shape index (κ3) is 2.77. The first-order valence-electron chi connectivity index (χ1n) is 5.78. The van der Waals surface area contributed by atoms with E-state index in [1.165, 1.54) is 19.2 Å². The Kier molecular flexibility index (Phi) is 3.71. The van der Waals surface area contributed by atoms with Gasteiger partial charge in [0, 0.05) is 5.56 Å². The molecule has 4 heteroatoms. The van der Waals surface area contributed by atoms with Crippen molar-refractivity contribution in [3.8, 4) is 29.2 Å². The average molecular weight is 276 g/mol. The molecule has 1 nitrogen and oxygen atoms in total. The zero-order valence-electron chi connectivity index (χ0n) is 10.7. The topological polar surface area (TPSA) is 9.23 Å². The van der Waals surface area contributed by atoms with E-state index < -0.39 is 11.7 Å². The van der Waals surface area contributed by atoms with Crippen LogP contribution in [0.3, 0.4) is 0 Å². The molecule has 0 radical (unpaired) electrons. The largest absolute Gasteiger partial charge is 0.497 e. The second-order valence-corrected chi connectivity index (χ2v) is 4.13. The first kappa shape index (κ1) is 14.0. The third-order valence-electron chi connectivity index (χ3n) is 2.91. The van der Waals surface area contributed by atoms with Crippen molar-refractivity contribution in [2.75, 3.05) is 7.11 Å². The number of benzene rings is 2. The molecule has 0 aliphatic carbocycles. The summed E-state index contributed by atoms with van der Waals surface area (Å²) in [5, 5.41) is 0. The predicted octanol–water partition coefficient (Wildman–Crippen LogP) is 4.36. The van der Waals surface area contributed by atoms with Crippen LogP contribution in [-0.2, 0) is 6.18 Å². The number of rotatable bonds is 2. The summed E-state index contributed by atoms with van der Waals surface area (Å²) in [5.41, 5.74) is 1.22. The maximum atomic E-state index is 12.5. The van der Waals surface area contributed by atoms with E-state index in [1.54, 1.807) is 18.2 Å². The molecule has 20 heavy (non-hydrogen) atoms. The summed E-state index contributed by atoms with van der Waals surface area (Å²) >= 11 is 0. The van der Waals surface area contributed by atoms with Gasteiger partial charge in [0.2, 0.25) is 0 Å². The van der Waals surface area contributed by atoms with Crippen LogP contribution >= 0.6 is 0 Å². The van der Waals surface area contributed by atoms with E-state index in [0.29, 0.717) is 22.4 Å². The smallest absolute Gasteiger partial charge is 0.416 e. The monoisotopic (exact) mass is 276 g/mol. The van der Waals surface area contributed by atoms with Crippen LogP contribution in [0.25, 0.3) is 11.1 Å². The van der Waals surface area contributed by atoms with E-state index in [0.717, 1.165) is 12.1 Å². The molecule has 0 atom stereocenters. The first-order chi connectivity index (χ1) is 9.45. The number of methoxy groups -OCH3 is 1. The van der Waals surface area contributed by atoms with Gasteiger partial charge in [0.15, 0.2) is 0 Å². The van der Waals surface area contributed by atoms with Crippen LogP contribution in [0.1, 0.15) is 11.1 Å². The minimum absolute atomic E-state index is 0.573. The molecule has 0 aliphatic heterocycles. The Balaban J connectivity index is 2.45. The summed E-state index contributed by atoms with van der Waals surface area (Å²) in [4.78, 5) is 0. The van der Waals surface area contributed by atoms with Crippen molar-refractivity contribution in [3.63, 3.8) is 0 Å². The molecule has 0 unspecified atom stereocenters. The molecule has 0 saturated carbocycles. The summed E-state index contributed by atoms with van der Waals surface area (Å²) in [5.74, 6) is 3.12. The summed E-state index contributed by atoms with van der Waals surface area (Å²) in [6, 6.07) is 10.0. The molecule has 0 fully saturated rings. The van der Waals surface area contributed by atoms with Gasteiger partial charge in [-0.2, -0.15) is 13.2 Å². The lowest BCUT2D eigenvalue weighted by molar-refractivity contribution is -0.137. The van der Waals surface area contributed by atoms with Crippen molar-refractivity contribution in [3.05, 3.63) is 53.6 Å². The van der Waals surface area contributed by atoms with Gasteiger partial charge in [-0.05, 0) is 41.5 Å². The molecular weight excluding hydrogens is 265 g/mol. The fourth-order valence-corrected chi connectivity index (χ4v) is 1.86. The second kappa shape index (κ2) is 5.30. The summed E-state index contributed by atoms with van der Waals surface area (Å²) in [6.45, 7) is 0. The van der Waals surface area contributed by atoms with Crippen molar-refractivity contribution in [2.24, 2.45) is 0 Å². The lowest BCUT2D eigenvalue weighted by atomic mass is 9.98. The SMILES string of the molecule is C#Cc1cc(OC)ccc1-c1ccc(C(F)(F)F)cc1. The Morgan fingerprint density at radius 1 is 1.05 bits per heavy atom. The molecule has 0 amide bonds. The van der Waals surface area contributed by atoms with E-state index in [-0.39, 0.29) is 0 Å². The molecule has 0 aliphatic rings. The summed E-state index contributed by atoms with van der Waals surface area (Å²) in [7, 11) is 1.52. The molecule has 2 aromatic rings. The fourth-order valence-electron chi connectivity index (χ4n) is 1.86. The highest BCUT2D eigenvalue weighted by Crippen LogP contribution is 2.32. The molecule has 0 aromatic heterocycles. The van der Waals surface area contributed by atoms with E-state index in [4.69, 9.17) is 11.2 Å². The Morgan fingerprint density at radius 3 is 2.20 bits per heavy atom. The van der Waals surface area contributed by atoms with Crippen molar-refractivity contribution >= 4 is 0 Å². The molecule has 0 heterocycles. The maximum absolute atomic E-state index is 12.5. The molecule has 0 N–H and O–H groups in total. The van der Waals surface area contributed by atoms with Gasteiger partial charge in [-0.15, -0.1) is 6.42 Å². The second-order valence-electron chi connectivity index (χ2n) is 4.13. The molecular formula is C16H11F3O. The normalized spacial score (nSPS) is 10.9. The van der Waals surface area contributed by atoms with Crippen LogP contribution in [0.2, 0.25) is 0 Å². The van der Waals surface area contributed by atoms with Crippen molar-refractivity contribution in [1.82, 2.24) is 0 Å². The molecule has 2 aromatic carbocycles. The van der Waals surface area contributed by atoms with E-state index in [9.17, 15) is 13.2 Å². The zero-order valence-corrected chi connectivity index (χ0v) is 10.7. The quantitative estimate of drug-likeness (QED) is 0.740. The van der Waals surface area contributed by atoms with Crippen molar-refractivity contribution in [1.29, 1.82) is 0 Å². The number of alkyl halides is 3. The van der Waals surface area contributed by atoms with Crippen LogP contribution in [0.15, 0.2) is 42.5 Å². The average Bonchev–Trinajstić information content (AvgIpc) is 2.45. The highest BCUT2D eigenvalue weighted by molar-refractivity contribution is 5.72. The number of hydrogen-bond acceptors (Lipinski definition) is 1. The Hall–Kier alpha value is -2.41. The predicted molar refractivity (Wildman–Crippen MR) is 71.4 cm³/mol. The molecule has 0 bridgehead atoms. The van der Waals surface area contributed by atoms with E-state index >= 15 is 0 Å². The number of halogens is 3. The van der Waals surface area contributed by atoms with Gasteiger partial charge in [-0.25, -0.2) is 0 Å². The molecule has 0 spiro atoms. The lowest BCUT2D eigenvalue weighted by Gasteiger charge is -2.10. The van der Waals surface area contributed by atoms with Crippen molar-refractivity contribution < 1.29 is 17.9 Å². The number of ether oxygens (including phenoxy) is 1. The maximum Gasteiger partial charge on any atom is 0.416 e. The van der Waals surface area contributed by atoms with E-state index in [1.807, 2.05) is 0 Å². The van der Waals surface area contributed by atoms with Crippen LogP contribution in [-0.4, -0.2) is 7.11 Å². The highest BCUT2D eigenvalue weighted by atomic mass is 19.4. The number of hydrogen-bond donors (Lipinski definition) is 0. The zero-order chi connectivity index (χ0) is 14.8. The van der Waals surface area contributed by atoms with Crippen LogP contribution < -0.4 is 4.74 Å². The van der Waals surface area contributed by atoms with Crippen molar-refractivity contribution in [2.45, 2.75) is 6.18 Å². The van der Waals surface area contributed by atoms with Gasteiger partial charge in [-0.3, -0.25) is 0 Å². The molecule has 102 valence electrons. The minimum Gasteiger partial charge on any atom is -0.497 e. The number of terminal acetylenes is 1. The van der Waals surface area contributed by atoms with Gasteiger partial charge >= 0.3 is 6.18 Å². The van der Waals surface area contributed by atoms with Gasteiger partial charge in [0.1, 0.15) is 5.75 Å². The highest BCUT2D eigenvalue weighted by Gasteiger charge is 2.30. The van der Waals surface area contributed by atoms with Gasteiger partial charge in [0.05, 0.1) is 12.7 Å². The van der Waals surface area contributed by atoms with Gasteiger partial charge in [-0.1, -0.05) is 18.1 Å². The first-order valence-corrected chi connectivity index (χ1v) is 5.78.